The Morgan fingerprint density at radius 2 is 1.21 bits per heavy atom. The minimum atomic E-state index is -2.40. The average Bonchev–Trinajstić information content (AvgIpc) is 2.85. The van der Waals surface area contributed by atoms with Crippen LogP contribution in [0.25, 0.3) is 0 Å². The van der Waals surface area contributed by atoms with Crippen molar-refractivity contribution in [3.8, 4) is 0 Å². The summed E-state index contributed by atoms with van der Waals surface area (Å²) in [5.41, 5.74) is 0. The summed E-state index contributed by atoms with van der Waals surface area (Å²) in [6.07, 6.45) is 0.856. The first kappa shape index (κ1) is 24.6. The van der Waals surface area contributed by atoms with Crippen molar-refractivity contribution in [3.63, 3.8) is 0 Å². The van der Waals surface area contributed by atoms with Gasteiger partial charge in [0.1, 0.15) is 0 Å². The summed E-state index contributed by atoms with van der Waals surface area (Å²) >= 11 is 0. The molecule has 0 saturated heterocycles. The number of likely N-dealkylation sites (N-methyl/N-ethyl adjacent to an activating group) is 1. The molecule has 3 aromatic rings. The number of benzene rings is 3. The van der Waals surface area contributed by atoms with E-state index >= 15 is 0 Å². The Morgan fingerprint density at radius 3 is 1.61 bits per heavy atom. The van der Waals surface area contributed by atoms with Gasteiger partial charge in [-0.3, -0.25) is 0 Å². The van der Waals surface area contributed by atoms with Crippen LogP contribution < -0.4 is 26.5 Å². The van der Waals surface area contributed by atoms with Crippen molar-refractivity contribution in [2.45, 2.75) is 6.92 Å². The molecule has 2 amide bonds. The van der Waals surface area contributed by atoms with Crippen LogP contribution in [0.1, 0.15) is 6.92 Å². The van der Waals surface area contributed by atoms with Crippen molar-refractivity contribution < 1.29 is 9.59 Å². The maximum absolute atomic E-state index is 12.5. The van der Waals surface area contributed by atoms with Crippen LogP contribution in [0.4, 0.5) is 0 Å². The Balaban J connectivity index is 1.94. The molecular formula is C27H34N3O2P. The zero-order valence-corrected chi connectivity index (χ0v) is 20.5. The van der Waals surface area contributed by atoms with Gasteiger partial charge in [0, 0.05) is 0 Å². The summed E-state index contributed by atoms with van der Waals surface area (Å²) in [7, 11) is -0.659. The van der Waals surface area contributed by atoms with Gasteiger partial charge in [-0.25, -0.2) is 0 Å². The molecule has 0 heterocycles. The third kappa shape index (κ3) is 6.28. The molecule has 2 N–H and O–H groups in total. The van der Waals surface area contributed by atoms with E-state index in [9.17, 15) is 9.59 Å². The second-order valence-corrected chi connectivity index (χ2v) is 12.2. The molecular weight excluding hydrogens is 429 g/mol. The molecule has 33 heavy (non-hydrogen) atoms. The Kier molecular flexibility index (Phi) is 9.17. The van der Waals surface area contributed by atoms with Crippen LogP contribution in [0.3, 0.4) is 0 Å². The van der Waals surface area contributed by atoms with E-state index in [0.29, 0.717) is 19.6 Å². The summed E-state index contributed by atoms with van der Waals surface area (Å²) in [4.78, 5) is 26.1. The summed E-state index contributed by atoms with van der Waals surface area (Å²) in [6.45, 7) is 3.44. The number of nitrogens with zero attached hydrogens (tertiary/aromatic N) is 1. The monoisotopic (exact) mass is 463 g/mol. The van der Waals surface area contributed by atoms with Gasteiger partial charge in [0.2, 0.25) is 0 Å². The third-order valence-corrected chi connectivity index (χ3v) is 11.0. The molecule has 3 rings (SSSR count). The molecule has 0 aliphatic carbocycles. The van der Waals surface area contributed by atoms with Crippen LogP contribution in [0.2, 0.25) is 0 Å². The van der Waals surface area contributed by atoms with Gasteiger partial charge >= 0.3 is 197 Å². The third-order valence-electron chi connectivity index (χ3n) is 6.04. The van der Waals surface area contributed by atoms with E-state index in [0.717, 1.165) is 6.16 Å². The predicted molar refractivity (Wildman–Crippen MR) is 141 cm³/mol. The Labute approximate surface area is 197 Å². The van der Waals surface area contributed by atoms with Gasteiger partial charge in [-0.15, -0.1) is 0 Å². The van der Waals surface area contributed by atoms with Gasteiger partial charge in [0.25, 0.3) is 0 Å². The summed E-state index contributed by atoms with van der Waals surface area (Å²) in [5.74, 6) is -0.0440. The quantitative estimate of drug-likeness (QED) is 0.427. The molecule has 0 atom stereocenters. The first-order chi connectivity index (χ1) is 16.1. The normalized spacial score (nSPS) is 11.6. The fraction of sp³-hybridized carbons (Fsp3) is 0.259. The van der Waals surface area contributed by atoms with E-state index in [1.165, 1.54) is 15.9 Å². The van der Waals surface area contributed by atoms with Crippen molar-refractivity contribution in [2.24, 2.45) is 0 Å². The molecule has 0 aromatic heterocycles. The molecule has 0 aliphatic rings. The van der Waals surface area contributed by atoms with E-state index < -0.39 is 7.26 Å². The van der Waals surface area contributed by atoms with Gasteiger partial charge < -0.3 is 0 Å². The van der Waals surface area contributed by atoms with Crippen molar-refractivity contribution in [1.29, 1.82) is 0 Å². The van der Waals surface area contributed by atoms with E-state index in [2.05, 4.69) is 83.4 Å². The number of nitrogens with one attached hydrogen (secondary N) is 2. The van der Waals surface area contributed by atoms with E-state index in [1.54, 1.807) is 14.0 Å². The van der Waals surface area contributed by atoms with Crippen LogP contribution in [0.5, 0.6) is 0 Å². The molecule has 174 valence electrons. The molecule has 5 nitrogen and oxygen atoms in total. The molecule has 3 aromatic carbocycles. The van der Waals surface area contributed by atoms with Crippen LogP contribution in [0.15, 0.2) is 91.0 Å². The Hall–Kier alpha value is -3.01. The zero-order valence-electron chi connectivity index (χ0n) is 19.5. The number of hydrogen-bond donors (Lipinski definition) is 2. The molecule has 0 fully saturated rings. The molecule has 0 unspecified atom stereocenters. The number of hydrogen-bond acceptors (Lipinski definition) is 3. The Bertz CT molecular complexity index is 917. The second-order valence-electron chi connectivity index (χ2n) is 8.14. The first-order valence-electron chi connectivity index (χ1n) is 11.4. The molecule has 0 spiro atoms. The van der Waals surface area contributed by atoms with Crippen LogP contribution in [-0.2, 0) is 9.59 Å². The summed E-state index contributed by atoms with van der Waals surface area (Å²) in [5, 5.41) is 9.70. The maximum atomic E-state index is 12.5. The fourth-order valence-electron chi connectivity index (χ4n) is 4.38. The van der Waals surface area contributed by atoms with Gasteiger partial charge in [0.05, 0.1) is 0 Å². The van der Waals surface area contributed by atoms with Crippen LogP contribution >= 0.6 is 7.26 Å². The Morgan fingerprint density at radius 1 is 0.758 bits per heavy atom. The molecule has 0 saturated carbocycles. The van der Waals surface area contributed by atoms with E-state index in [-0.39, 0.29) is 18.4 Å². The standard InChI is InChI=1S/C27H34N3O2P/c1-23(31)30(19-18-29-27(32)22-28-2)20-21-33(24-12-6-3-7-13-24,25-14-8-4-9-15-25)26-16-10-5-11-17-26/h3-17,28,33H,18-22H2,1-2H3,(H,29,32). The van der Waals surface area contributed by atoms with Crippen LogP contribution in [-0.4, -0.2) is 56.1 Å². The van der Waals surface area contributed by atoms with Gasteiger partial charge in [-0.05, 0) is 0 Å². The average molecular weight is 464 g/mol. The summed E-state index contributed by atoms with van der Waals surface area (Å²) < 4.78 is 0. The van der Waals surface area contributed by atoms with Crippen molar-refractivity contribution in [3.05, 3.63) is 91.0 Å². The number of amides is 2. The second kappa shape index (κ2) is 12.3. The van der Waals surface area contributed by atoms with E-state index in [4.69, 9.17) is 0 Å². The van der Waals surface area contributed by atoms with Gasteiger partial charge in [0.15, 0.2) is 0 Å². The first-order valence-corrected chi connectivity index (χ1v) is 13.6. The number of carbonyl (C=O) groups excluding carboxylic acids is 2. The van der Waals surface area contributed by atoms with Crippen molar-refractivity contribution in [1.82, 2.24) is 15.5 Å². The number of carbonyl (C=O) groups is 2. The predicted octanol–water partition coefficient (Wildman–Crippen LogP) is 1.90. The fourth-order valence-corrected chi connectivity index (χ4v) is 9.14. The zero-order chi connectivity index (χ0) is 23.5. The number of rotatable bonds is 11. The van der Waals surface area contributed by atoms with Crippen molar-refractivity contribution in [2.75, 3.05) is 39.4 Å². The SMILES string of the molecule is CNCC(=O)NCCN(CC[PH](c1ccccc1)(c1ccccc1)c1ccccc1)C(C)=O. The van der Waals surface area contributed by atoms with E-state index in [1.807, 2.05) is 23.1 Å². The molecule has 6 heteroatoms. The van der Waals surface area contributed by atoms with Gasteiger partial charge in [-0.2, -0.15) is 0 Å². The van der Waals surface area contributed by atoms with Crippen molar-refractivity contribution >= 4 is 35.0 Å². The van der Waals surface area contributed by atoms with Gasteiger partial charge in [-0.1, -0.05) is 0 Å². The summed E-state index contributed by atoms with van der Waals surface area (Å²) in [6, 6.07) is 32.1. The molecule has 0 radical (unpaired) electrons. The topological polar surface area (TPSA) is 61.4 Å². The molecule has 0 bridgehead atoms. The molecule has 0 aliphatic heterocycles. The van der Waals surface area contributed by atoms with Crippen LogP contribution in [0, 0.1) is 0 Å². The minimum absolute atomic E-state index is 0.0231.